The number of hydrogen-bond donors (Lipinski definition) is 1. The highest BCUT2D eigenvalue weighted by atomic mass is 15.2. The van der Waals surface area contributed by atoms with Crippen molar-refractivity contribution in [2.24, 2.45) is 5.92 Å². The Morgan fingerprint density at radius 2 is 1.80 bits per heavy atom. The lowest BCUT2D eigenvalue weighted by atomic mass is 9.87. The van der Waals surface area contributed by atoms with Crippen molar-refractivity contribution in [3.8, 4) is 0 Å². The number of piperidine rings is 1. The quantitative estimate of drug-likeness (QED) is 0.735. The molecule has 3 heterocycles. The average Bonchev–Trinajstić information content (AvgIpc) is 2.97. The zero-order valence-corrected chi connectivity index (χ0v) is 15.0. The van der Waals surface area contributed by atoms with Gasteiger partial charge < -0.3 is 9.47 Å². The highest BCUT2D eigenvalue weighted by Gasteiger charge is 2.39. The number of hydrogen-bond acceptors (Lipinski definition) is 0. The Hall–Kier alpha value is -2.06. The van der Waals surface area contributed by atoms with E-state index < -0.39 is 0 Å². The van der Waals surface area contributed by atoms with Crippen LogP contribution in [0.5, 0.6) is 0 Å². The van der Waals surface area contributed by atoms with Crippen molar-refractivity contribution in [1.29, 1.82) is 0 Å². The first-order valence-corrected chi connectivity index (χ1v) is 9.80. The molecule has 0 aliphatic carbocycles. The van der Waals surface area contributed by atoms with Crippen LogP contribution in [0.15, 0.2) is 54.6 Å². The predicted molar refractivity (Wildman–Crippen MR) is 103 cm³/mol. The van der Waals surface area contributed by atoms with E-state index in [1.54, 1.807) is 11.3 Å². The van der Waals surface area contributed by atoms with Crippen LogP contribution >= 0.6 is 0 Å². The lowest BCUT2D eigenvalue weighted by Gasteiger charge is -2.39. The summed E-state index contributed by atoms with van der Waals surface area (Å²) in [6.07, 6.45) is 3.95. The zero-order valence-electron chi connectivity index (χ0n) is 15.0. The Bertz CT molecular complexity index is 893. The first kappa shape index (κ1) is 15.2. The van der Waals surface area contributed by atoms with Gasteiger partial charge in [-0.25, -0.2) is 0 Å². The summed E-state index contributed by atoms with van der Waals surface area (Å²) in [4.78, 5) is 1.82. The van der Waals surface area contributed by atoms with E-state index in [1.807, 2.05) is 4.90 Å². The highest BCUT2D eigenvalue weighted by molar-refractivity contribution is 5.86. The second-order valence-electron chi connectivity index (χ2n) is 8.05. The molecule has 1 saturated heterocycles. The molecule has 2 aromatic carbocycles. The van der Waals surface area contributed by atoms with Crippen LogP contribution in [0.3, 0.4) is 0 Å². The van der Waals surface area contributed by atoms with Crippen molar-refractivity contribution in [2.45, 2.75) is 38.8 Å². The lowest BCUT2D eigenvalue weighted by Crippen LogP contribution is -3.14. The predicted octanol–water partition coefficient (Wildman–Crippen LogP) is 3.60. The minimum atomic E-state index is 0.691. The molecule has 3 aromatic rings. The molecular weight excluding hydrogens is 304 g/mol. The molecule has 1 aromatic heterocycles. The third-order valence-electron chi connectivity index (χ3n) is 6.38. The summed E-state index contributed by atoms with van der Waals surface area (Å²) in [5.41, 5.74) is 6.10. The third-order valence-corrected chi connectivity index (χ3v) is 6.38. The van der Waals surface area contributed by atoms with Crippen LogP contribution in [0.4, 0.5) is 0 Å². The van der Waals surface area contributed by atoms with Gasteiger partial charge in [-0.3, -0.25) is 0 Å². The maximum atomic E-state index is 2.64. The van der Waals surface area contributed by atoms with Gasteiger partial charge in [0.25, 0.3) is 0 Å². The number of benzene rings is 2. The Balaban J connectivity index is 1.67. The minimum absolute atomic E-state index is 0.691. The summed E-state index contributed by atoms with van der Waals surface area (Å²) in [6.45, 7) is 6.08. The van der Waals surface area contributed by atoms with E-state index in [-0.39, 0.29) is 0 Å². The molecule has 2 heteroatoms. The fourth-order valence-electron chi connectivity index (χ4n) is 5.23. The fourth-order valence-corrected chi connectivity index (χ4v) is 5.23. The summed E-state index contributed by atoms with van der Waals surface area (Å²) in [5, 5.41) is 1.49. The smallest absolute Gasteiger partial charge is 0.129 e. The number of rotatable bonds is 2. The topological polar surface area (TPSA) is 9.37 Å². The van der Waals surface area contributed by atoms with E-state index in [4.69, 9.17) is 0 Å². The van der Waals surface area contributed by atoms with Crippen molar-refractivity contribution in [1.82, 2.24) is 4.57 Å². The molecule has 2 aliphatic heterocycles. The van der Waals surface area contributed by atoms with E-state index in [9.17, 15) is 0 Å². The Morgan fingerprint density at radius 3 is 2.68 bits per heavy atom. The van der Waals surface area contributed by atoms with Gasteiger partial charge >= 0.3 is 0 Å². The number of quaternary nitrogens is 1. The normalized spacial score (nSPS) is 25.6. The van der Waals surface area contributed by atoms with Crippen molar-refractivity contribution in [3.05, 3.63) is 71.4 Å². The Labute approximate surface area is 150 Å². The van der Waals surface area contributed by atoms with E-state index in [0.29, 0.717) is 6.04 Å². The van der Waals surface area contributed by atoms with Gasteiger partial charge in [-0.2, -0.15) is 0 Å². The molecule has 0 spiro atoms. The summed E-state index contributed by atoms with van der Waals surface area (Å²) in [7, 11) is 0. The van der Waals surface area contributed by atoms with Gasteiger partial charge in [-0.1, -0.05) is 55.5 Å². The van der Waals surface area contributed by atoms with Crippen molar-refractivity contribution < 1.29 is 4.90 Å². The van der Waals surface area contributed by atoms with Crippen LogP contribution < -0.4 is 4.90 Å². The molecule has 128 valence electrons. The van der Waals surface area contributed by atoms with Crippen LogP contribution in [0.25, 0.3) is 10.9 Å². The standard InChI is InChI=1S/C23H26N2/c1-17-11-12-22-23-20(13-14-24(22)15-17)19-9-5-6-10-21(19)25(23)16-18-7-3-2-4-8-18/h2-10,17,22H,11-16H2,1H3/p+1/t17-,22+/m0/s1. The first-order valence-electron chi connectivity index (χ1n) is 9.80. The molecule has 2 aliphatic rings. The van der Waals surface area contributed by atoms with Gasteiger partial charge in [0, 0.05) is 36.2 Å². The van der Waals surface area contributed by atoms with Crippen LogP contribution in [0.1, 0.15) is 42.6 Å². The maximum Gasteiger partial charge on any atom is 0.129 e. The summed E-state index contributed by atoms with van der Waals surface area (Å²) in [5.74, 6) is 0.875. The Kier molecular flexibility index (Phi) is 3.67. The number of nitrogens with one attached hydrogen (secondary N) is 1. The second-order valence-corrected chi connectivity index (χ2v) is 8.05. The first-order chi connectivity index (χ1) is 12.3. The van der Waals surface area contributed by atoms with Crippen LogP contribution in [0, 0.1) is 5.92 Å². The van der Waals surface area contributed by atoms with E-state index in [2.05, 4.69) is 66.1 Å². The van der Waals surface area contributed by atoms with Gasteiger partial charge in [0.2, 0.25) is 0 Å². The van der Waals surface area contributed by atoms with Crippen molar-refractivity contribution in [3.63, 3.8) is 0 Å². The van der Waals surface area contributed by atoms with E-state index >= 15 is 0 Å². The molecule has 0 amide bonds. The molecular formula is C23H27N2+. The largest absolute Gasteiger partial charge is 0.335 e. The van der Waals surface area contributed by atoms with Crippen LogP contribution in [-0.4, -0.2) is 17.7 Å². The highest BCUT2D eigenvalue weighted by Crippen LogP contribution is 2.35. The fraction of sp³-hybridized carbons (Fsp3) is 0.391. The van der Waals surface area contributed by atoms with Crippen LogP contribution in [0.2, 0.25) is 0 Å². The number of fused-ring (bicyclic) bond motifs is 5. The lowest BCUT2D eigenvalue weighted by molar-refractivity contribution is -0.943. The molecule has 3 atom stereocenters. The molecule has 1 unspecified atom stereocenters. The van der Waals surface area contributed by atoms with Gasteiger partial charge in [0.1, 0.15) is 6.04 Å². The Morgan fingerprint density at radius 1 is 1.00 bits per heavy atom. The van der Waals surface area contributed by atoms with Crippen molar-refractivity contribution >= 4 is 10.9 Å². The number of para-hydroxylation sites is 1. The molecule has 2 nitrogen and oxygen atoms in total. The van der Waals surface area contributed by atoms with Gasteiger partial charge in [0.05, 0.1) is 18.8 Å². The summed E-state index contributed by atoms with van der Waals surface area (Å²) < 4.78 is 2.64. The van der Waals surface area contributed by atoms with E-state index in [0.717, 1.165) is 12.5 Å². The number of aromatic nitrogens is 1. The second kappa shape index (κ2) is 6.03. The monoisotopic (exact) mass is 331 g/mol. The van der Waals surface area contributed by atoms with Gasteiger partial charge in [0.15, 0.2) is 0 Å². The minimum Gasteiger partial charge on any atom is -0.335 e. The van der Waals surface area contributed by atoms with Crippen molar-refractivity contribution in [2.75, 3.05) is 13.1 Å². The van der Waals surface area contributed by atoms with Gasteiger partial charge in [-0.05, 0) is 23.6 Å². The molecule has 1 N–H and O–H groups in total. The maximum absolute atomic E-state index is 2.64. The van der Waals surface area contributed by atoms with Gasteiger partial charge in [-0.15, -0.1) is 0 Å². The third kappa shape index (κ3) is 2.51. The number of nitrogens with zero attached hydrogens (tertiary/aromatic N) is 1. The summed E-state index contributed by atoms with van der Waals surface area (Å²) >= 11 is 0. The molecule has 0 bridgehead atoms. The molecule has 1 fully saturated rings. The zero-order chi connectivity index (χ0) is 16.8. The average molecular weight is 331 g/mol. The molecule has 0 radical (unpaired) electrons. The molecule has 25 heavy (non-hydrogen) atoms. The molecule has 0 saturated carbocycles. The SMILES string of the molecule is C[C@H]1CC[C@@H]2c3c(c4ccccc4n3Cc3ccccc3)CC[NH+]2C1. The summed E-state index contributed by atoms with van der Waals surface area (Å²) in [6, 6.07) is 20.7. The van der Waals surface area contributed by atoms with E-state index in [1.165, 1.54) is 48.8 Å². The molecule has 5 rings (SSSR count). The van der Waals surface area contributed by atoms with Crippen LogP contribution in [-0.2, 0) is 13.0 Å².